The van der Waals surface area contributed by atoms with E-state index in [9.17, 15) is 0 Å². The fourth-order valence-electron chi connectivity index (χ4n) is 2.49. The van der Waals surface area contributed by atoms with Crippen LogP contribution in [0.4, 0.5) is 17.5 Å². The molecule has 0 amide bonds. The first-order chi connectivity index (χ1) is 11.4. The molecule has 0 radical (unpaired) electrons. The van der Waals surface area contributed by atoms with Crippen molar-refractivity contribution < 1.29 is 0 Å². The predicted molar refractivity (Wildman–Crippen MR) is 103 cm³/mol. The van der Waals surface area contributed by atoms with Gasteiger partial charge in [-0.1, -0.05) is 52.7 Å². The zero-order chi connectivity index (χ0) is 17.6. The summed E-state index contributed by atoms with van der Waals surface area (Å²) in [5.41, 5.74) is 3.44. The molecule has 4 heteroatoms. The van der Waals surface area contributed by atoms with Crippen molar-refractivity contribution in [1.29, 1.82) is 0 Å². The van der Waals surface area contributed by atoms with Gasteiger partial charge < -0.3 is 10.6 Å². The average molecular weight is 326 g/mol. The third-order valence-corrected chi connectivity index (χ3v) is 3.95. The molecule has 4 nitrogen and oxygen atoms in total. The average Bonchev–Trinajstić information content (AvgIpc) is 2.51. The Hall–Kier alpha value is -2.10. The number of aromatic nitrogens is 2. The lowest BCUT2D eigenvalue weighted by molar-refractivity contribution is 0.590. The molecule has 0 atom stereocenters. The van der Waals surface area contributed by atoms with E-state index in [4.69, 9.17) is 0 Å². The molecule has 0 aliphatic rings. The number of nitrogens with zero attached hydrogens (tertiary/aromatic N) is 2. The zero-order valence-corrected chi connectivity index (χ0v) is 15.6. The van der Waals surface area contributed by atoms with Crippen molar-refractivity contribution in [3.63, 3.8) is 0 Å². The Morgan fingerprint density at radius 1 is 1.00 bits per heavy atom. The lowest BCUT2D eigenvalue weighted by atomic mass is 9.87. The van der Waals surface area contributed by atoms with E-state index in [1.165, 1.54) is 18.4 Å². The van der Waals surface area contributed by atoms with Crippen molar-refractivity contribution in [2.75, 3.05) is 17.2 Å². The third kappa shape index (κ3) is 5.52. The molecule has 0 fully saturated rings. The Balaban J connectivity index is 2.05. The summed E-state index contributed by atoms with van der Waals surface area (Å²) in [6, 6.07) is 10.5. The molecule has 0 saturated heterocycles. The van der Waals surface area contributed by atoms with Gasteiger partial charge in [0.1, 0.15) is 5.82 Å². The van der Waals surface area contributed by atoms with Gasteiger partial charge in [0.15, 0.2) is 0 Å². The fourth-order valence-corrected chi connectivity index (χ4v) is 2.49. The van der Waals surface area contributed by atoms with Gasteiger partial charge in [-0.2, -0.15) is 4.98 Å². The molecule has 130 valence electrons. The Labute approximate surface area is 146 Å². The molecule has 0 saturated carbocycles. The number of unbranched alkanes of at least 4 members (excludes halogenated alkanes) is 2. The summed E-state index contributed by atoms with van der Waals surface area (Å²) in [5, 5.41) is 6.69. The van der Waals surface area contributed by atoms with Crippen molar-refractivity contribution >= 4 is 17.5 Å². The third-order valence-electron chi connectivity index (χ3n) is 3.95. The maximum Gasteiger partial charge on any atom is 0.229 e. The van der Waals surface area contributed by atoms with Gasteiger partial charge in [-0.3, -0.25) is 0 Å². The summed E-state index contributed by atoms with van der Waals surface area (Å²) in [6.07, 6.45) is 3.63. The van der Waals surface area contributed by atoms with E-state index in [1.54, 1.807) is 0 Å². The molecule has 2 rings (SSSR count). The Kier molecular flexibility index (Phi) is 6.18. The maximum atomic E-state index is 4.56. The summed E-state index contributed by atoms with van der Waals surface area (Å²) >= 11 is 0. The number of rotatable bonds is 7. The summed E-state index contributed by atoms with van der Waals surface area (Å²) in [6.45, 7) is 11.8. The first kappa shape index (κ1) is 18.2. The second-order valence-electron chi connectivity index (χ2n) is 7.30. The van der Waals surface area contributed by atoms with E-state index in [0.717, 1.165) is 30.2 Å². The SMILES string of the molecule is CCCCCNc1cc(C)nc(Nc2ccc(C(C)(C)C)cc2)n1. The van der Waals surface area contributed by atoms with Gasteiger partial charge in [-0.05, 0) is 36.5 Å². The summed E-state index contributed by atoms with van der Waals surface area (Å²) in [7, 11) is 0. The van der Waals surface area contributed by atoms with E-state index in [2.05, 4.69) is 72.6 Å². The minimum Gasteiger partial charge on any atom is -0.370 e. The summed E-state index contributed by atoms with van der Waals surface area (Å²) in [5.74, 6) is 1.52. The van der Waals surface area contributed by atoms with Crippen molar-refractivity contribution in [2.45, 2.75) is 59.3 Å². The van der Waals surface area contributed by atoms with Gasteiger partial charge in [0.25, 0.3) is 0 Å². The van der Waals surface area contributed by atoms with Crippen LogP contribution in [0, 0.1) is 6.92 Å². The Morgan fingerprint density at radius 3 is 2.33 bits per heavy atom. The molecule has 0 unspecified atom stereocenters. The largest absolute Gasteiger partial charge is 0.370 e. The molecule has 1 heterocycles. The second kappa shape index (κ2) is 8.13. The van der Waals surface area contributed by atoms with Crippen molar-refractivity contribution in [3.05, 3.63) is 41.6 Å². The van der Waals surface area contributed by atoms with Crippen LogP contribution in [-0.2, 0) is 5.41 Å². The normalized spacial score (nSPS) is 11.4. The highest BCUT2D eigenvalue weighted by atomic mass is 15.1. The van der Waals surface area contributed by atoms with E-state index in [-0.39, 0.29) is 5.41 Å². The number of anilines is 3. The van der Waals surface area contributed by atoms with E-state index in [1.807, 2.05) is 13.0 Å². The quantitative estimate of drug-likeness (QED) is 0.666. The van der Waals surface area contributed by atoms with Crippen LogP contribution in [-0.4, -0.2) is 16.5 Å². The topological polar surface area (TPSA) is 49.8 Å². The Morgan fingerprint density at radius 2 is 1.71 bits per heavy atom. The molecule has 0 spiro atoms. The molecule has 24 heavy (non-hydrogen) atoms. The van der Waals surface area contributed by atoms with Gasteiger partial charge in [0, 0.05) is 24.0 Å². The van der Waals surface area contributed by atoms with E-state index >= 15 is 0 Å². The smallest absolute Gasteiger partial charge is 0.229 e. The van der Waals surface area contributed by atoms with Crippen LogP contribution < -0.4 is 10.6 Å². The number of hydrogen-bond donors (Lipinski definition) is 2. The fraction of sp³-hybridized carbons (Fsp3) is 0.500. The summed E-state index contributed by atoms with van der Waals surface area (Å²) in [4.78, 5) is 9.05. The molecule has 2 aromatic rings. The first-order valence-corrected chi connectivity index (χ1v) is 8.85. The molecule has 0 aliphatic heterocycles. The first-order valence-electron chi connectivity index (χ1n) is 8.85. The number of nitrogens with one attached hydrogen (secondary N) is 2. The second-order valence-corrected chi connectivity index (χ2v) is 7.30. The number of aryl methyl sites for hydroxylation is 1. The highest BCUT2D eigenvalue weighted by molar-refractivity contribution is 5.56. The standard InChI is InChI=1S/C20H30N4/c1-6-7-8-13-21-18-14-15(2)22-19(24-18)23-17-11-9-16(10-12-17)20(3,4)5/h9-12,14H,6-8,13H2,1-5H3,(H2,21,22,23,24). The predicted octanol–water partition coefficient (Wildman–Crippen LogP) is 5.43. The van der Waals surface area contributed by atoms with Crippen LogP contribution in [0.25, 0.3) is 0 Å². The number of benzene rings is 1. The lowest BCUT2D eigenvalue weighted by Gasteiger charge is -2.19. The number of hydrogen-bond acceptors (Lipinski definition) is 4. The highest BCUT2D eigenvalue weighted by Crippen LogP contribution is 2.24. The van der Waals surface area contributed by atoms with E-state index < -0.39 is 0 Å². The van der Waals surface area contributed by atoms with Crippen LogP contribution in [0.1, 0.15) is 58.2 Å². The monoisotopic (exact) mass is 326 g/mol. The molecule has 1 aromatic carbocycles. The van der Waals surface area contributed by atoms with Crippen molar-refractivity contribution in [3.8, 4) is 0 Å². The molecular weight excluding hydrogens is 296 g/mol. The van der Waals surface area contributed by atoms with Crippen molar-refractivity contribution in [2.24, 2.45) is 0 Å². The minimum atomic E-state index is 0.161. The van der Waals surface area contributed by atoms with Gasteiger partial charge in [-0.25, -0.2) is 4.98 Å². The molecule has 0 aliphatic carbocycles. The van der Waals surface area contributed by atoms with Gasteiger partial charge in [0.05, 0.1) is 0 Å². The highest BCUT2D eigenvalue weighted by Gasteiger charge is 2.13. The molecular formula is C20H30N4. The Bertz CT molecular complexity index is 642. The maximum absolute atomic E-state index is 4.56. The zero-order valence-electron chi connectivity index (χ0n) is 15.6. The van der Waals surface area contributed by atoms with Crippen LogP contribution in [0.5, 0.6) is 0 Å². The minimum absolute atomic E-state index is 0.161. The lowest BCUT2D eigenvalue weighted by Crippen LogP contribution is -2.10. The van der Waals surface area contributed by atoms with Crippen molar-refractivity contribution in [1.82, 2.24) is 9.97 Å². The van der Waals surface area contributed by atoms with Gasteiger partial charge >= 0.3 is 0 Å². The van der Waals surface area contributed by atoms with Gasteiger partial charge in [0.2, 0.25) is 5.95 Å². The van der Waals surface area contributed by atoms with Crippen LogP contribution in [0.15, 0.2) is 30.3 Å². The summed E-state index contributed by atoms with van der Waals surface area (Å²) < 4.78 is 0. The van der Waals surface area contributed by atoms with Gasteiger partial charge in [-0.15, -0.1) is 0 Å². The molecule has 1 aromatic heterocycles. The van der Waals surface area contributed by atoms with Crippen LogP contribution in [0.3, 0.4) is 0 Å². The molecule has 2 N–H and O–H groups in total. The van der Waals surface area contributed by atoms with Crippen LogP contribution in [0.2, 0.25) is 0 Å². The molecule has 0 bridgehead atoms. The van der Waals surface area contributed by atoms with Crippen LogP contribution >= 0.6 is 0 Å². The van der Waals surface area contributed by atoms with E-state index in [0.29, 0.717) is 5.95 Å².